The van der Waals surface area contributed by atoms with Crippen molar-refractivity contribution in [3.63, 3.8) is 0 Å². The maximum Gasteiger partial charge on any atom is 0.165 e. The Morgan fingerprint density at radius 2 is 2.10 bits per heavy atom. The summed E-state index contributed by atoms with van der Waals surface area (Å²) in [6.07, 6.45) is 0.394. The fourth-order valence-corrected chi connectivity index (χ4v) is 2.78. The van der Waals surface area contributed by atoms with Crippen LogP contribution in [0.25, 0.3) is 0 Å². The van der Waals surface area contributed by atoms with E-state index in [0.717, 1.165) is 11.0 Å². The van der Waals surface area contributed by atoms with E-state index in [4.69, 9.17) is 11.6 Å². The first kappa shape index (κ1) is 17.6. The second-order valence-electron chi connectivity index (χ2n) is 5.48. The Morgan fingerprint density at radius 1 is 1.45 bits per heavy atom. The molecule has 0 aromatic heterocycles. The van der Waals surface area contributed by atoms with Gasteiger partial charge in [0.15, 0.2) is 5.78 Å². The molecule has 0 saturated carbocycles. The number of carbonyl (C=O) groups is 1. The third-order valence-corrected chi connectivity index (χ3v) is 3.75. The molecule has 0 aliphatic heterocycles. The van der Waals surface area contributed by atoms with Crippen LogP contribution in [0.3, 0.4) is 0 Å². The zero-order chi connectivity index (χ0) is 15.3. The number of Topliss-reactive ketones (excluding diaryl/α,β-unsaturated/α-hetero) is 1. The van der Waals surface area contributed by atoms with Crippen LogP contribution in [0.4, 0.5) is 0 Å². The lowest BCUT2D eigenvalue weighted by Gasteiger charge is -2.27. The van der Waals surface area contributed by atoms with Gasteiger partial charge in [-0.3, -0.25) is 4.79 Å². The van der Waals surface area contributed by atoms with Crippen molar-refractivity contribution in [3.8, 4) is 0 Å². The van der Waals surface area contributed by atoms with Crippen LogP contribution < -0.4 is 0 Å². The van der Waals surface area contributed by atoms with Crippen molar-refractivity contribution in [2.45, 2.75) is 32.8 Å². The van der Waals surface area contributed by atoms with Gasteiger partial charge in [0.2, 0.25) is 0 Å². The Hall–Kier alpha value is -0.420. The molecule has 0 atom stereocenters. The average Bonchev–Trinajstić information content (AvgIpc) is 2.32. The number of ketones is 1. The maximum absolute atomic E-state index is 12.2. The van der Waals surface area contributed by atoms with E-state index in [1.54, 1.807) is 26.0 Å². The van der Waals surface area contributed by atoms with Crippen LogP contribution in [-0.4, -0.2) is 41.0 Å². The van der Waals surface area contributed by atoms with E-state index in [2.05, 4.69) is 20.8 Å². The van der Waals surface area contributed by atoms with Gasteiger partial charge < -0.3 is 10.0 Å². The molecular formula is C15H21BrClNO2. The molecule has 1 aromatic rings. The molecule has 0 bridgehead atoms. The number of benzene rings is 1. The zero-order valence-electron chi connectivity index (χ0n) is 12.1. The molecule has 0 heterocycles. The van der Waals surface area contributed by atoms with Crippen molar-refractivity contribution in [2.75, 3.05) is 19.6 Å². The zero-order valence-corrected chi connectivity index (χ0v) is 14.5. The van der Waals surface area contributed by atoms with Crippen LogP contribution in [0, 0.1) is 0 Å². The Labute approximate surface area is 134 Å². The van der Waals surface area contributed by atoms with Crippen molar-refractivity contribution in [1.29, 1.82) is 0 Å². The summed E-state index contributed by atoms with van der Waals surface area (Å²) in [5.74, 6) is 0.0247. The Bertz CT molecular complexity index is 471. The molecule has 0 amide bonds. The Balaban J connectivity index is 2.62. The number of carbonyl (C=O) groups excluding carboxylic acids is 1. The molecule has 1 N–H and O–H groups in total. The lowest BCUT2D eigenvalue weighted by molar-refractivity contribution is 0.0371. The van der Waals surface area contributed by atoms with E-state index in [1.807, 2.05) is 13.0 Å². The predicted molar refractivity (Wildman–Crippen MR) is 86.5 cm³/mol. The molecule has 0 radical (unpaired) electrons. The van der Waals surface area contributed by atoms with E-state index in [-0.39, 0.29) is 5.78 Å². The van der Waals surface area contributed by atoms with Crippen LogP contribution >= 0.6 is 27.5 Å². The van der Waals surface area contributed by atoms with Crippen LogP contribution in [0.2, 0.25) is 5.02 Å². The topological polar surface area (TPSA) is 40.5 Å². The summed E-state index contributed by atoms with van der Waals surface area (Å²) in [7, 11) is 0. The molecule has 0 spiro atoms. The summed E-state index contributed by atoms with van der Waals surface area (Å²) in [5.41, 5.74) is -0.205. The molecule has 0 unspecified atom stereocenters. The Kier molecular flexibility index (Phi) is 6.65. The summed E-state index contributed by atoms with van der Waals surface area (Å²) in [6.45, 7) is 7.51. The number of hydrogen-bond acceptors (Lipinski definition) is 3. The van der Waals surface area contributed by atoms with E-state index >= 15 is 0 Å². The van der Waals surface area contributed by atoms with Gasteiger partial charge in [0.25, 0.3) is 0 Å². The van der Waals surface area contributed by atoms with Crippen LogP contribution in [0.1, 0.15) is 37.6 Å². The second-order valence-corrected chi connectivity index (χ2v) is 6.80. The van der Waals surface area contributed by atoms with Crippen molar-refractivity contribution in [1.82, 2.24) is 4.90 Å². The SMILES string of the molecule is CCN(CCC(=O)c1ccc(Br)cc1Cl)CC(C)(C)O. The smallest absolute Gasteiger partial charge is 0.165 e. The molecule has 3 nitrogen and oxygen atoms in total. The summed E-state index contributed by atoms with van der Waals surface area (Å²) >= 11 is 9.40. The first-order valence-electron chi connectivity index (χ1n) is 6.66. The van der Waals surface area contributed by atoms with Crippen molar-refractivity contribution >= 4 is 33.3 Å². The molecule has 0 aliphatic carbocycles. The fraction of sp³-hybridized carbons (Fsp3) is 0.533. The normalized spacial score (nSPS) is 11.9. The van der Waals surface area contributed by atoms with Gasteiger partial charge in [-0.05, 0) is 38.6 Å². The van der Waals surface area contributed by atoms with Gasteiger partial charge in [0.05, 0.1) is 10.6 Å². The molecule has 0 fully saturated rings. The van der Waals surface area contributed by atoms with Crippen LogP contribution in [-0.2, 0) is 0 Å². The molecule has 1 aromatic carbocycles. The van der Waals surface area contributed by atoms with Gasteiger partial charge in [0, 0.05) is 29.5 Å². The minimum absolute atomic E-state index is 0.0247. The van der Waals surface area contributed by atoms with Gasteiger partial charge in [-0.1, -0.05) is 34.5 Å². The number of hydrogen-bond donors (Lipinski definition) is 1. The first-order valence-corrected chi connectivity index (χ1v) is 7.83. The summed E-state index contributed by atoms with van der Waals surface area (Å²) < 4.78 is 0.858. The number of nitrogens with zero attached hydrogens (tertiary/aromatic N) is 1. The van der Waals surface area contributed by atoms with Gasteiger partial charge in [0.1, 0.15) is 0 Å². The molecule has 20 heavy (non-hydrogen) atoms. The second kappa shape index (κ2) is 7.55. The molecule has 0 aliphatic rings. The van der Waals surface area contributed by atoms with Crippen molar-refractivity contribution < 1.29 is 9.90 Å². The highest BCUT2D eigenvalue weighted by molar-refractivity contribution is 9.10. The quantitative estimate of drug-likeness (QED) is 0.751. The van der Waals surface area contributed by atoms with Gasteiger partial charge in [-0.2, -0.15) is 0 Å². The monoisotopic (exact) mass is 361 g/mol. The number of aliphatic hydroxyl groups is 1. The highest BCUT2D eigenvalue weighted by Crippen LogP contribution is 2.22. The fourth-order valence-electron chi connectivity index (χ4n) is 2.01. The van der Waals surface area contributed by atoms with Gasteiger partial charge in [-0.25, -0.2) is 0 Å². The van der Waals surface area contributed by atoms with Crippen LogP contribution in [0.5, 0.6) is 0 Å². The van der Waals surface area contributed by atoms with E-state index in [0.29, 0.717) is 30.1 Å². The third kappa shape index (κ3) is 5.92. The number of likely N-dealkylation sites (N-methyl/N-ethyl adjacent to an activating group) is 1. The third-order valence-electron chi connectivity index (χ3n) is 2.94. The minimum Gasteiger partial charge on any atom is -0.389 e. The average molecular weight is 363 g/mol. The lowest BCUT2D eigenvalue weighted by atomic mass is 10.1. The Morgan fingerprint density at radius 3 is 2.60 bits per heavy atom. The van der Waals surface area contributed by atoms with Gasteiger partial charge >= 0.3 is 0 Å². The molecule has 112 valence electrons. The van der Waals surface area contributed by atoms with Crippen LogP contribution in [0.15, 0.2) is 22.7 Å². The highest BCUT2D eigenvalue weighted by atomic mass is 79.9. The van der Waals surface area contributed by atoms with Gasteiger partial charge in [-0.15, -0.1) is 0 Å². The standard InChI is InChI=1S/C15H21BrClNO2/c1-4-18(10-15(2,3)20)8-7-14(19)12-6-5-11(16)9-13(12)17/h5-6,9,20H,4,7-8,10H2,1-3H3. The van der Waals surface area contributed by atoms with Crippen molar-refractivity contribution in [2.24, 2.45) is 0 Å². The molecular weight excluding hydrogens is 342 g/mol. The number of rotatable bonds is 7. The summed E-state index contributed by atoms with van der Waals surface area (Å²) in [4.78, 5) is 14.2. The van der Waals surface area contributed by atoms with E-state index in [1.165, 1.54) is 0 Å². The lowest BCUT2D eigenvalue weighted by Crippen LogP contribution is -2.39. The molecule has 0 saturated heterocycles. The largest absolute Gasteiger partial charge is 0.389 e. The summed E-state index contributed by atoms with van der Waals surface area (Å²) in [5, 5.41) is 10.3. The predicted octanol–water partition coefficient (Wildman–Crippen LogP) is 3.77. The molecule has 5 heteroatoms. The van der Waals surface area contributed by atoms with Crippen molar-refractivity contribution in [3.05, 3.63) is 33.3 Å². The number of halogens is 2. The minimum atomic E-state index is -0.756. The maximum atomic E-state index is 12.2. The molecule has 1 rings (SSSR count). The van der Waals surface area contributed by atoms with E-state index < -0.39 is 5.60 Å². The van der Waals surface area contributed by atoms with E-state index in [9.17, 15) is 9.90 Å². The first-order chi connectivity index (χ1) is 9.23. The summed E-state index contributed by atoms with van der Waals surface area (Å²) in [6, 6.07) is 5.28. The highest BCUT2D eigenvalue weighted by Gasteiger charge is 2.18.